The van der Waals surface area contributed by atoms with E-state index in [1.165, 1.54) is 18.2 Å². The minimum absolute atomic E-state index is 0.255. The van der Waals surface area contributed by atoms with Gasteiger partial charge >= 0.3 is 0 Å². The molecule has 0 N–H and O–H groups in total. The molecule has 92 valence electrons. The van der Waals surface area contributed by atoms with Crippen LogP contribution >= 0.6 is 0 Å². The summed E-state index contributed by atoms with van der Waals surface area (Å²) < 4.78 is 24.9. The summed E-state index contributed by atoms with van der Waals surface area (Å²) in [4.78, 5) is 0. The van der Waals surface area contributed by atoms with Gasteiger partial charge in [-0.1, -0.05) is 20.3 Å². The molecule has 2 unspecified atom stereocenters. The molecule has 0 amide bonds. The number of nitrogens with zero attached hydrogens (tertiary/aromatic N) is 1. The number of benzene rings is 1. The zero-order valence-corrected chi connectivity index (χ0v) is 10.9. The molecule has 0 aliphatic heterocycles. The topological polar surface area (TPSA) is 40.9 Å². The molecular formula is C13H16FNOS. The molecule has 0 bridgehead atoms. The zero-order chi connectivity index (χ0) is 12.8. The molecule has 0 spiro atoms. The van der Waals surface area contributed by atoms with Crippen molar-refractivity contribution in [3.05, 3.63) is 35.1 Å². The average molecular weight is 253 g/mol. The molecular weight excluding hydrogens is 237 g/mol. The van der Waals surface area contributed by atoms with Crippen molar-refractivity contribution in [3.63, 3.8) is 0 Å². The van der Waals surface area contributed by atoms with E-state index >= 15 is 0 Å². The molecule has 0 aliphatic rings. The zero-order valence-electron chi connectivity index (χ0n) is 10.1. The van der Waals surface area contributed by atoms with Crippen LogP contribution in [-0.2, 0) is 16.6 Å². The van der Waals surface area contributed by atoms with Crippen molar-refractivity contribution in [3.8, 4) is 6.07 Å². The lowest BCUT2D eigenvalue weighted by Crippen LogP contribution is -2.09. The Morgan fingerprint density at radius 2 is 2.24 bits per heavy atom. The monoisotopic (exact) mass is 253 g/mol. The van der Waals surface area contributed by atoms with Crippen molar-refractivity contribution in [1.82, 2.24) is 0 Å². The van der Waals surface area contributed by atoms with Gasteiger partial charge in [-0.2, -0.15) is 5.26 Å². The molecule has 1 rings (SSSR count). The molecule has 2 nitrogen and oxygen atoms in total. The van der Waals surface area contributed by atoms with Crippen molar-refractivity contribution in [2.75, 3.05) is 5.75 Å². The molecule has 0 radical (unpaired) electrons. The lowest BCUT2D eigenvalue weighted by molar-refractivity contribution is 0.614. The molecule has 0 aromatic heterocycles. The molecule has 0 heterocycles. The summed E-state index contributed by atoms with van der Waals surface area (Å²) in [6.07, 6.45) is 0.972. The third-order valence-electron chi connectivity index (χ3n) is 2.67. The van der Waals surface area contributed by atoms with Crippen LogP contribution in [0.1, 0.15) is 31.4 Å². The first-order chi connectivity index (χ1) is 8.06. The maximum Gasteiger partial charge on any atom is 0.123 e. The number of nitriles is 1. The van der Waals surface area contributed by atoms with Gasteiger partial charge in [0.1, 0.15) is 5.82 Å². The van der Waals surface area contributed by atoms with Crippen molar-refractivity contribution in [2.45, 2.75) is 26.0 Å². The predicted octanol–water partition coefficient (Wildman–Crippen LogP) is 2.99. The number of rotatable bonds is 5. The summed E-state index contributed by atoms with van der Waals surface area (Å²) in [5.74, 6) is 0.845. The van der Waals surface area contributed by atoms with Crippen molar-refractivity contribution >= 4 is 10.8 Å². The van der Waals surface area contributed by atoms with E-state index in [1.807, 2.05) is 19.9 Å². The maximum atomic E-state index is 13.1. The van der Waals surface area contributed by atoms with Crippen LogP contribution in [0.4, 0.5) is 4.39 Å². The predicted molar refractivity (Wildman–Crippen MR) is 67.3 cm³/mol. The Labute approximate surface area is 104 Å². The quantitative estimate of drug-likeness (QED) is 0.809. The first kappa shape index (κ1) is 13.9. The molecule has 0 fully saturated rings. The van der Waals surface area contributed by atoms with Crippen molar-refractivity contribution in [2.24, 2.45) is 5.92 Å². The Morgan fingerprint density at radius 3 is 2.82 bits per heavy atom. The number of halogens is 1. The molecule has 1 aromatic carbocycles. The van der Waals surface area contributed by atoms with Gasteiger partial charge in [0, 0.05) is 22.3 Å². The molecule has 0 saturated carbocycles. The highest BCUT2D eigenvalue weighted by Gasteiger charge is 2.10. The Kier molecular flexibility index (Phi) is 5.30. The Bertz CT molecular complexity index is 453. The second kappa shape index (κ2) is 6.51. The standard InChI is InChI=1S/C13H16FNOS/c1-3-10(2)8-17(16)9-12-6-13(14)5-4-11(12)7-15/h4-6,10H,3,8-9H2,1-2H3. The highest BCUT2D eigenvalue weighted by atomic mass is 32.2. The van der Waals surface area contributed by atoms with Gasteiger partial charge in [0.05, 0.1) is 11.6 Å². The minimum atomic E-state index is -1.04. The SMILES string of the molecule is CCC(C)CS(=O)Cc1cc(F)ccc1C#N. The lowest BCUT2D eigenvalue weighted by atomic mass is 10.1. The van der Waals surface area contributed by atoms with E-state index in [1.54, 1.807) is 0 Å². The molecule has 0 saturated heterocycles. The van der Waals surface area contributed by atoms with Crippen LogP contribution in [0.15, 0.2) is 18.2 Å². The molecule has 17 heavy (non-hydrogen) atoms. The molecule has 2 atom stereocenters. The van der Waals surface area contributed by atoms with Gasteiger partial charge in [0.15, 0.2) is 0 Å². The van der Waals surface area contributed by atoms with Crippen LogP contribution in [0.3, 0.4) is 0 Å². The van der Waals surface area contributed by atoms with Gasteiger partial charge < -0.3 is 0 Å². The van der Waals surface area contributed by atoms with E-state index < -0.39 is 10.8 Å². The van der Waals surface area contributed by atoms with Crippen LogP contribution in [-0.4, -0.2) is 9.96 Å². The summed E-state index contributed by atoms with van der Waals surface area (Å²) in [6, 6.07) is 5.98. The Hall–Kier alpha value is -1.21. The first-order valence-corrected chi connectivity index (χ1v) is 7.09. The van der Waals surface area contributed by atoms with Crippen LogP contribution in [0.5, 0.6) is 0 Å². The highest BCUT2D eigenvalue weighted by molar-refractivity contribution is 7.84. The van der Waals surface area contributed by atoms with E-state index in [0.29, 0.717) is 22.8 Å². The molecule has 4 heteroatoms. The second-order valence-corrected chi connectivity index (χ2v) is 5.68. The fraction of sp³-hybridized carbons (Fsp3) is 0.462. The number of hydrogen-bond donors (Lipinski definition) is 0. The van der Waals surface area contributed by atoms with Crippen LogP contribution in [0.25, 0.3) is 0 Å². The van der Waals surface area contributed by atoms with Crippen LogP contribution in [0, 0.1) is 23.1 Å². The van der Waals surface area contributed by atoms with Gasteiger partial charge in [-0.25, -0.2) is 4.39 Å². The van der Waals surface area contributed by atoms with E-state index in [2.05, 4.69) is 0 Å². The third kappa shape index (κ3) is 4.27. The van der Waals surface area contributed by atoms with Gasteiger partial charge in [0.25, 0.3) is 0 Å². The summed E-state index contributed by atoms with van der Waals surface area (Å²) in [5.41, 5.74) is 0.943. The summed E-state index contributed by atoms with van der Waals surface area (Å²) in [7, 11) is -1.04. The average Bonchev–Trinajstić information content (AvgIpc) is 2.29. The van der Waals surface area contributed by atoms with E-state index in [4.69, 9.17) is 5.26 Å². The summed E-state index contributed by atoms with van der Waals surface area (Å²) in [5, 5.41) is 8.88. The normalized spacial score (nSPS) is 14.0. The second-order valence-electron chi connectivity index (χ2n) is 4.18. The van der Waals surface area contributed by atoms with Crippen molar-refractivity contribution < 1.29 is 8.60 Å². The summed E-state index contributed by atoms with van der Waals surface area (Å²) in [6.45, 7) is 4.08. The lowest BCUT2D eigenvalue weighted by Gasteiger charge is -2.09. The first-order valence-electron chi connectivity index (χ1n) is 5.60. The van der Waals surface area contributed by atoms with Gasteiger partial charge in [-0.05, 0) is 29.7 Å². The van der Waals surface area contributed by atoms with Crippen LogP contribution in [0.2, 0.25) is 0 Å². The number of hydrogen-bond acceptors (Lipinski definition) is 2. The third-order valence-corrected chi connectivity index (χ3v) is 4.25. The summed E-state index contributed by atoms with van der Waals surface area (Å²) >= 11 is 0. The largest absolute Gasteiger partial charge is 0.259 e. The smallest absolute Gasteiger partial charge is 0.123 e. The molecule has 1 aromatic rings. The Morgan fingerprint density at radius 1 is 1.53 bits per heavy atom. The van der Waals surface area contributed by atoms with Crippen LogP contribution < -0.4 is 0 Å². The van der Waals surface area contributed by atoms with E-state index in [-0.39, 0.29) is 11.6 Å². The van der Waals surface area contributed by atoms with Gasteiger partial charge in [-0.15, -0.1) is 0 Å². The molecule has 0 aliphatic carbocycles. The fourth-order valence-electron chi connectivity index (χ4n) is 1.46. The van der Waals surface area contributed by atoms with Gasteiger partial charge in [0.2, 0.25) is 0 Å². The van der Waals surface area contributed by atoms with Crippen molar-refractivity contribution in [1.29, 1.82) is 5.26 Å². The highest BCUT2D eigenvalue weighted by Crippen LogP contribution is 2.14. The maximum absolute atomic E-state index is 13.1. The van der Waals surface area contributed by atoms with Gasteiger partial charge in [-0.3, -0.25) is 4.21 Å². The Balaban J connectivity index is 2.77. The van der Waals surface area contributed by atoms with E-state index in [9.17, 15) is 8.60 Å². The minimum Gasteiger partial charge on any atom is -0.259 e. The fourth-order valence-corrected chi connectivity index (χ4v) is 3.03. The van der Waals surface area contributed by atoms with E-state index in [0.717, 1.165) is 6.42 Å².